The Balaban J connectivity index is 1.92. The largest absolute Gasteiger partial charge is 0.382 e. The standard InChI is InChI=1S/C12H19N3/c1-10-9-12(3-6-13-10)14-11-4-7-15(2)8-5-11/h3,6,9,11H,4-5,7-8H2,1-2H3,(H,13,14). The summed E-state index contributed by atoms with van der Waals surface area (Å²) in [6.07, 6.45) is 4.34. The third-order valence-corrected chi connectivity index (χ3v) is 2.99. The van der Waals surface area contributed by atoms with Gasteiger partial charge in [-0.1, -0.05) is 0 Å². The number of likely N-dealkylation sites (tertiary alicyclic amines) is 1. The highest BCUT2D eigenvalue weighted by Crippen LogP contribution is 2.15. The van der Waals surface area contributed by atoms with E-state index in [2.05, 4.69) is 28.3 Å². The molecule has 3 heteroatoms. The monoisotopic (exact) mass is 205 g/mol. The third kappa shape index (κ3) is 2.93. The fraction of sp³-hybridized carbons (Fsp3) is 0.583. The molecule has 15 heavy (non-hydrogen) atoms. The van der Waals surface area contributed by atoms with Gasteiger partial charge < -0.3 is 10.2 Å². The zero-order valence-electron chi connectivity index (χ0n) is 9.53. The van der Waals surface area contributed by atoms with E-state index in [0.29, 0.717) is 6.04 Å². The van der Waals surface area contributed by atoms with E-state index in [0.717, 1.165) is 5.69 Å². The first-order valence-electron chi connectivity index (χ1n) is 5.62. The van der Waals surface area contributed by atoms with Gasteiger partial charge in [0, 0.05) is 23.6 Å². The first-order valence-corrected chi connectivity index (χ1v) is 5.62. The van der Waals surface area contributed by atoms with E-state index < -0.39 is 0 Å². The summed E-state index contributed by atoms with van der Waals surface area (Å²) in [7, 11) is 2.19. The van der Waals surface area contributed by atoms with Gasteiger partial charge in [0.2, 0.25) is 0 Å². The van der Waals surface area contributed by atoms with Gasteiger partial charge in [-0.3, -0.25) is 4.98 Å². The molecule has 0 aliphatic carbocycles. The van der Waals surface area contributed by atoms with Gasteiger partial charge in [-0.2, -0.15) is 0 Å². The molecule has 0 unspecified atom stereocenters. The second kappa shape index (κ2) is 4.62. The van der Waals surface area contributed by atoms with Crippen LogP contribution in [0.5, 0.6) is 0 Å². The average molecular weight is 205 g/mol. The van der Waals surface area contributed by atoms with Gasteiger partial charge in [-0.05, 0) is 52.0 Å². The molecule has 3 nitrogen and oxygen atoms in total. The topological polar surface area (TPSA) is 28.2 Å². The van der Waals surface area contributed by atoms with Crippen LogP contribution in [0.25, 0.3) is 0 Å². The van der Waals surface area contributed by atoms with Crippen LogP contribution < -0.4 is 5.32 Å². The number of pyridine rings is 1. The lowest BCUT2D eigenvalue weighted by Crippen LogP contribution is -2.36. The number of hydrogen-bond acceptors (Lipinski definition) is 3. The van der Waals surface area contributed by atoms with Crippen molar-refractivity contribution in [3.8, 4) is 0 Å². The minimum atomic E-state index is 0.628. The highest BCUT2D eigenvalue weighted by atomic mass is 15.1. The SMILES string of the molecule is Cc1cc(NC2CCN(C)CC2)ccn1. The van der Waals surface area contributed by atoms with Gasteiger partial charge in [0.15, 0.2) is 0 Å². The molecule has 1 aromatic rings. The zero-order valence-corrected chi connectivity index (χ0v) is 9.53. The molecule has 2 rings (SSSR count). The van der Waals surface area contributed by atoms with Gasteiger partial charge >= 0.3 is 0 Å². The summed E-state index contributed by atoms with van der Waals surface area (Å²) < 4.78 is 0. The second-order valence-electron chi connectivity index (χ2n) is 4.41. The average Bonchev–Trinajstić information content (AvgIpc) is 2.22. The quantitative estimate of drug-likeness (QED) is 0.799. The van der Waals surface area contributed by atoms with E-state index in [4.69, 9.17) is 0 Å². The summed E-state index contributed by atoms with van der Waals surface area (Å²) >= 11 is 0. The van der Waals surface area contributed by atoms with Gasteiger partial charge in [0.05, 0.1) is 0 Å². The molecule has 0 spiro atoms. The maximum Gasteiger partial charge on any atom is 0.0393 e. The minimum absolute atomic E-state index is 0.628. The Morgan fingerprint density at radius 2 is 2.13 bits per heavy atom. The highest BCUT2D eigenvalue weighted by Gasteiger charge is 2.15. The maximum atomic E-state index is 4.20. The van der Waals surface area contributed by atoms with E-state index in [1.165, 1.54) is 31.6 Å². The lowest BCUT2D eigenvalue weighted by atomic mass is 10.1. The fourth-order valence-corrected chi connectivity index (χ4v) is 2.02. The number of rotatable bonds is 2. The van der Waals surface area contributed by atoms with E-state index in [1.807, 2.05) is 19.2 Å². The summed E-state index contributed by atoms with van der Waals surface area (Å²) in [4.78, 5) is 6.58. The molecule has 82 valence electrons. The molecule has 0 bridgehead atoms. The third-order valence-electron chi connectivity index (χ3n) is 2.99. The minimum Gasteiger partial charge on any atom is -0.382 e. The van der Waals surface area contributed by atoms with Crippen molar-refractivity contribution in [3.05, 3.63) is 24.0 Å². The number of anilines is 1. The molecule has 1 aliphatic rings. The Labute approximate surface area is 91.5 Å². The Morgan fingerprint density at radius 1 is 1.40 bits per heavy atom. The first kappa shape index (κ1) is 10.4. The predicted octanol–water partition coefficient (Wildman–Crippen LogP) is 1.90. The predicted molar refractivity (Wildman–Crippen MR) is 63.1 cm³/mol. The van der Waals surface area contributed by atoms with E-state index in [1.54, 1.807) is 0 Å². The summed E-state index contributed by atoms with van der Waals surface area (Å²) in [6, 6.07) is 4.78. The Morgan fingerprint density at radius 3 is 2.80 bits per heavy atom. The lowest BCUT2D eigenvalue weighted by molar-refractivity contribution is 0.264. The van der Waals surface area contributed by atoms with E-state index >= 15 is 0 Å². The molecule has 1 aromatic heterocycles. The normalized spacial score (nSPS) is 19.1. The molecule has 1 N–H and O–H groups in total. The highest BCUT2D eigenvalue weighted by molar-refractivity contribution is 5.43. The lowest BCUT2D eigenvalue weighted by Gasteiger charge is -2.30. The van der Waals surface area contributed by atoms with Crippen LogP contribution in [0.4, 0.5) is 5.69 Å². The zero-order chi connectivity index (χ0) is 10.7. The van der Waals surface area contributed by atoms with Crippen LogP contribution in [0, 0.1) is 6.92 Å². The van der Waals surface area contributed by atoms with Crippen LogP contribution >= 0.6 is 0 Å². The van der Waals surface area contributed by atoms with E-state index in [-0.39, 0.29) is 0 Å². The summed E-state index contributed by atoms with van der Waals surface area (Å²) in [6.45, 7) is 4.42. The number of aromatic nitrogens is 1. The van der Waals surface area contributed by atoms with Crippen molar-refractivity contribution in [2.75, 3.05) is 25.5 Å². The van der Waals surface area contributed by atoms with Crippen molar-refractivity contribution >= 4 is 5.69 Å². The molecular weight excluding hydrogens is 186 g/mol. The number of nitrogens with zero attached hydrogens (tertiary/aromatic N) is 2. The van der Waals surface area contributed by atoms with Crippen molar-refractivity contribution in [1.29, 1.82) is 0 Å². The smallest absolute Gasteiger partial charge is 0.0393 e. The Kier molecular flexibility index (Phi) is 3.21. The van der Waals surface area contributed by atoms with Crippen LogP contribution in [0.15, 0.2) is 18.3 Å². The number of piperidine rings is 1. The first-order chi connectivity index (χ1) is 7.24. The van der Waals surface area contributed by atoms with Crippen molar-refractivity contribution in [2.24, 2.45) is 0 Å². The molecule has 1 saturated heterocycles. The van der Waals surface area contributed by atoms with Crippen molar-refractivity contribution in [1.82, 2.24) is 9.88 Å². The molecular formula is C12H19N3. The van der Waals surface area contributed by atoms with Gasteiger partial charge in [-0.15, -0.1) is 0 Å². The van der Waals surface area contributed by atoms with E-state index in [9.17, 15) is 0 Å². The maximum absolute atomic E-state index is 4.20. The molecule has 0 saturated carbocycles. The van der Waals surface area contributed by atoms with Crippen LogP contribution in [-0.4, -0.2) is 36.1 Å². The van der Waals surface area contributed by atoms with Crippen LogP contribution in [0.3, 0.4) is 0 Å². The molecule has 0 aromatic carbocycles. The Bertz CT molecular complexity index is 316. The second-order valence-corrected chi connectivity index (χ2v) is 4.41. The molecule has 1 fully saturated rings. The van der Waals surface area contributed by atoms with Crippen molar-refractivity contribution in [3.63, 3.8) is 0 Å². The van der Waals surface area contributed by atoms with Gasteiger partial charge in [0.25, 0.3) is 0 Å². The summed E-state index contributed by atoms with van der Waals surface area (Å²) in [5.74, 6) is 0. The molecule has 0 radical (unpaired) electrons. The molecule has 0 amide bonds. The molecule has 2 heterocycles. The molecule has 0 atom stereocenters. The number of nitrogens with one attached hydrogen (secondary N) is 1. The summed E-state index contributed by atoms with van der Waals surface area (Å²) in [5.41, 5.74) is 2.28. The van der Waals surface area contributed by atoms with Crippen LogP contribution in [-0.2, 0) is 0 Å². The number of hydrogen-bond donors (Lipinski definition) is 1. The van der Waals surface area contributed by atoms with Crippen molar-refractivity contribution in [2.45, 2.75) is 25.8 Å². The molecule has 1 aliphatic heterocycles. The van der Waals surface area contributed by atoms with Crippen molar-refractivity contribution < 1.29 is 0 Å². The Hall–Kier alpha value is -1.09. The van der Waals surface area contributed by atoms with Gasteiger partial charge in [0.1, 0.15) is 0 Å². The summed E-state index contributed by atoms with van der Waals surface area (Å²) in [5, 5.41) is 3.58. The van der Waals surface area contributed by atoms with Gasteiger partial charge in [-0.25, -0.2) is 0 Å². The fourth-order valence-electron chi connectivity index (χ4n) is 2.02. The number of aryl methyl sites for hydroxylation is 1. The van der Waals surface area contributed by atoms with Crippen LogP contribution in [0.2, 0.25) is 0 Å². The van der Waals surface area contributed by atoms with Crippen LogP contribution in [0.1, 0.15) is 18.5 Å².